The third kappa shape index (κ3) is 8.28. The molecule has 3 aromatic carbocycles. The Kier molecular flexibility index (Phi) is 10.4. The predicted octanol–water partition coefficient (Wildman–Crippen LogP) is 8.29. The Morgan fingerprint density at radius 2 is 1.83 bits per heavy atom. The van der Waals surface area contributed by atoms with E-state index in [1.165, 1.54) is 46.4 Å². The minimum absolute atomic E-state index is 0.00388. The summed E-state index contributed by atoms with van der Waals surface area (Å²) in [7, 11) is 0. The molecule has 12 heteroatoms. The molecular formula is C34H37F3N6O2S. The van der Waals surface area contributed by atoms with E-state index in [9.17, 15) is 18.0 Å². The van der Waals surface area contributed by atoms with Crippen molar-refractivity contribution in [2.75, 3.05) is 17.2 Å². The molecule has 46 heavy (non-hydrogen) atoms. The zero-order valence-corrected chi connectivity index (χ0v) is 27.0. The number of hydrogen-bond acceptors (Lipinski definition) is 5. The van der Waals surface area contributed by atoms with Crippen molar-refractivity contribution in [3.05, 3.63) is 89.7 Å². The maximum Gasteiger partial charge on any atom is 0.573 e. The molecule has 2 amide bonds. The first-order valence-electron chi connectivity index (χ1n) is 15.3. The fourth-order valence-corrected chi connectivity index (χ4v) is 6.21. The van der Waals surface area contributed by atoms with E-state index in [4.69, 9.17) is 0 Å². The number of carbonyl (C=O) groups is 1. The predicted molar refractivity (Wildman–Crippen MR) is 177 cm³/mol. The highest BCUT2D eigenvalue weighted by Crippen LogP contribution is 2.30. The van der Waals surface area contributed by atoms with Gasteiger partial charge in [-0.25, -0.2) is 14.5 Å². The van der Waals surface area contributed by atoms with Crippen LogP contribution in [0.25, 0.3) is 17.1 Å². The Balaban J connectivity index is 1.23. The number of aliphatic imine (C=N–C) groups is 1. The largest absolute Gasteiger partial charge is 0.573 e. The highest BCUT2D eigenvalue weighted by molar-refractivity contribution is 8.14. The number of amides is 2. The van der Waals surface area contributed by atoms with Gasteiger partial charge in [0.15, 0.2) is 11.0 Å². The highest BCUT2D eigenvalue weighted by atomic mass is 32.2. The molecule has 1 aliphatic rings. The summed E-state index contributed by atoms with van der Waals surface area (Å²) < 4.78 is 42.8. The van der Waals surface area contributed by atoms with Gasteiger partial charge in [-0.3, -0.25) is 0 Å². The molecule has 2 heterocycles. The SMILES string of the molecule is CCCc1ccc(C)cc1N1CCCSC1=NC(=O)NC(C)C(C)c1ccc(-c2ncn(-c3ccc(OC(F)(F)F)cc3)n2)cc1. The lowest BCUT2D eigenvalue weighted by Gasteiger charge is -2.31. The monoisotopic (exact) mass is 650 g/mol. The van der Waals surface area contributed by atoms with Crippen molar-refractivity contribution in [1.29, 1.82) is 0 Å². The smallest absolute Gasteiger partial charge is 0.406 e. The summed E-state index contributed by atoms with van der Waals surface area (Å²) in [5, 5.41) is 8.27. The number of ether oxygens (including phenoxy) is 1. The van der Waals surface area contributed by atoms with Crippen molar-refractivity contribution in [3.8, 4) is 22.8 Å². The molecule has 1 aromatic heterocycles. The van der Waals surface area contributed by atoms with Crippen LogP contribution in [0, 0.1) is 6.92 Å². The number of rotatable bonds is 9. The Hall–Kier alpha value is -4.32. The zero-order chi connectivity index (χ0) is 32.8. The van der Waals surface area contributed by atoms with E-state index in [1.54, 1.807) is 11.8 Å². The van der Waals surface area contributed by atoms with Gasteiger partial charge in [0.2, 0.25) is 0 Å². The molecule has 5 rings (SSSR count). The van der Waals surface area contributed by atoms with Gasteiger partial charge in [-0.2, -0.15) is 4.99 Å². The van der Waals surface area contributed by atoms with Crippen molar-refractivity contribution >= 4 is 28.6 Å². The molecule has 1 fully saturated rings. The number of anilines is 1. The van der Waals surface area contributed by atoms with E-state index in [0.29, 0.717) is 11.5 Å². The molecule has 242 valence electrons. The number of aromatic nitrogens is 3. The van der Waals surface area contributed by atoms with Gasteiger partial charge >= 0.3 is 12.4 Å². The lowest BCUT2D eigenvalue weighted by Crippen LogP contribution is -2.39. The molecule has 1 saturated heterocycles. The van der Waals surface area contributed by atoms with E-state index in [0.717, 1.165) is 53.5 Å². The number of alkyl halides is 3. The topological polar surface area (TPSA) is 84.6 Å². The number of hydrogen-bond donors (Lipinski definition) is 1. The Morgan fingerprint density at radius 3 is 2.52 bits per heavy atom. The summed E-state index contributed by atoms with van der Waals surface area (Å²) >= 11 is 1.62. The van der Waals surface area contributed by atoms with Gasteiger partial charge < -0.3 is 15.0 Å². The quantitative estimate of drug-likeness (QED) is 0.196. The van der Waals surface area contributed by atoms with Crippen LogP contribution in [0.15, 0.2) is 78.0 Å². The van der Waals surface area contributed by atoms with Crippen LogP contribution in [0.4, 0.5) is 23.7 Å². The lowest BCUT2D eigenvalue weighted by molar-refractivity contribution is -0.274. The van der Waals surface area contributed by atoms with Crippen molar-refractivity contribution < 1.29 is 22.7 Å². The first kappa shape index (κ1) is 33.1. The fraction of sp³-hybridized carbons (Fsp3) is 0.353. The third-order valence-corrected chi connectivity index (χ3v) is 8.92. The van der Waals surface area contributed by atoms with Crippen LogP contribution in [0.2, 0.25) is 0 Å². The Morgan fingerprint density at radius 1 is 1.09 bits per heavy atom. The average molecular weight is 651 g/mol. The van der Waals surface area contributed by atoms with E-state index in [2.05, 4.69) is 69.0 Å². The minimum atomic E-state index is -4.75. The third-order valence-electron chi connectivity index (χ3n) is 7.86. The van der Waals surface area contributed by atoms with E-state index in [1.807, 2.05) is 31.2 Å². The van der Waals surface area contributed by atoms with Gasteiger partial charge in [0.05, 0.1) is 5.69 Å². The second-order valence-corrected chi connectivity index (χ2v) is 12.4. The highest BCUT2D eigenvalue weighted by Gasteiger charge is 2.31. The van der Waals surface area contributed by atoms with Crippen LogP contribution in [0.5, 0.6) is 5.75 Å². The molecule has 2 atom stereocenters. The van der Waals surface area contributed by atoms with E-state index >= 15 is 0 Å². The summed E-state index contributed by atoms with van der Waals surface area (Å²) in [4.78, 5) is 24.2. The molecule has 0 aliphatic carbocycles. The average Bonchev–Trinajstić information content (AvgIpc) is 3.52. The van der Waals surface area contributed by atoms with Crippen LogP contribution in [0.1, 0.15) is 56.2 Å². The summed E-state index contributed by atoms with van der Waals surface area (Å²) in [5.41, 5.74) is 5.94. The van der Waals surface area contributed by atoms with Crippen molar-refractivity contribution in [1.82, 2.24) is 20.1 Å². The van der Waals surface area contributed by atoms with Gasteiger partial charge in [0.25, 0.3) is 0 Å². The standard InChI is InChI=1S/C34H37F3N6O2S/c1-5-7-26-9-8-22(2)20-30(26)42-18-6-19-46-33(42)40-32(44)39-24(4)23(3)25-10-12-27(13-11-25)31-38-21-43(41-31)28-14-16-29(17-15-28)45-34(35,36)37/h8-17,20-21,23-24H,5-7,18-19H2,1-4H3,(H,39,44). The number of nitrogens with zero attached hydrogens (tertiary/aromatic N) is 5. The van der Waals surface area contributed by atoms with Crippen molar-refractivity contribution in [2.45, 2.75) is 65.3 Å². The number of thioether (sulfide) groups is 1. The van der Waals surface area contributed by atoms with Gasteiger partial charge in [0.1, 0.15) is 12.1 Å². The summed E-state index contributed by atoms with van der Waals surface area (Å²) in [6, 6.07) is 19.1. The van der Waals surface area contributed by atoms with E-state index < -0.39 is 6.36 Å². The van der Waals surface area contributed by atoms with Crippen LogP contribution < -0.4 is 15.0 Å². The van der Waals surface area contributed by atoms with Crippen molar-refractivity contribution in [2.24, 2.45) is 4.99 Å². The summed E-state index contributed by atoms with van der Waals surface area (Å²) in [5.74, 6) is 1.09. The Bertz CT molecular complexity index is 1670. The molecule has 8 nitrogen and oxygen atoms in total. The molecule has 1 N–H and O–H groups in total. The fourth-order valence-electron chi connectivity index (χ4n) is 5.27. The minimum Gasteiger partial charge on any atom is -0.406 e. The number of benzene rings is 3. The van der Waals surface area contributed by atoms with Gasteiger partial charge in [-0.05, 0) is 73.7 Å². The molecule has 1 aliphatic heterocycles. The van der Waals surface area contributed by atoms with Crippen LogP contribution in [0.3, 0.4) is 0 Å². The molecule has 4 aromatic rings. The van der Waals surface area contributed by atoms with E-state index in [-0.39, 0.29) is 23.7 Å². The first-order valence-corrected chi connectivity index (χ1v) is 16.3. The molecule has 0 spiro atoms. The first-order chi connectivity index (χ1) is 22.0. The van der Waals surface area contributed by atoms with Crippen LogP contribution in [-0.4, -0.2) is 50.7 Å². The number of aryl methyl sites for hydroxylation is 2. The van der Waals surface area contributed by atoms with Gasteiger partial charge in [0, 0.05) is 35.5 Å². The normalized spacial score (nSPS) is 15.9. The van der Waals surface area contributed by atoms with Crippen LogP contribution in [-0.2, 0) is 6.42 Å². The summed E-state index contributed by atoms with van der Waals surface area (Å²) in [6.45, 7) is 9.10. The summed E-state index contributed by atoms with van der Waals surface area (Å²) in [6.07, 6.45) is -0.209. The molecule has 2 unspecified atom stereocenters. The van der Waals surface area contributed by atoms with Gasteiger partial charge in [-0.15, -0.1) is 18.3 Å². The second kappa shape index (κ2) is 14.4. The number of halogens is 3. The molecule has 0 bridgehead atoms. The second-order valence-electron chi connectivity index (χ2n) is 11.3. The van der Waals surface area contributed by atoms with Gasteiger partial charge in [-0.1, -0.05) is 68.4 Å². The number of carbonyl (C=O) groups excluding carboxylic acids is 1. The zero-order valence-electron chi connectivity index (χ0n) is 26.2. The number of amidine groups is 1. The maximum atomic E-state index is 13.1. The Labute approximate surface area is 271 Å². The number of nitrogens with one attached hydrogen (secondary N) is 1. The molecule has 0 saturated carbocycles. The van der Waals surface area contributed by atoms with Crippen molar-refractivity contribution in [3.63, 3.8) is 0 Å². The lowest BCUT2D eigenvalue weighted by atomic mass is 9.93. The molecular weight excluding hydrogens is 613 g/mol. The van der Waals surface area contributed by atoms with Crippen LogP contribution >= 0.6 is 11.8 Å². The molecule has 0 radical (unpaired) electrons. The number of urea groups is 1. The maximum absolute atomic E-state index is 13.1.